The Balaban J connectivity index is 4.67. The van der Waals surface area contributed by atoms with Crippen molar-refractivity contribution in [3.63, 3.8) is 0 Å². The molecule has 0 aromatic carbocycles. The van der Waals surface area contributed by atoms with Crippen LogP contribution >= 0.6 is 0 Å². The zero-order chi connectivity index (χ0) is 12.9. The fraction of sp³-hybridized carbons (Fsp3) is 0.833. The van der Waals surface area contributed by atoms with Gasteiger partial charge in [0.15, 0.2) is 0 Å². The molecule has 0 aliphatic heterocycles. The van der Waals surface area contributed by atoms with Crippen LogP contribution in [0.1, 0.15) is 41.0 Å². The maximum absolute atomic E-state index is 12.1. The van der Waals surface area contributed by atoms with Gasteiger partial charge < -0.3 is 10.0 Å². The molecule has 2 atom stereocenters. The van der Waals surface area contributed by atoms with E-state index >= 15 is 0 Å². The van der Waals surface area contributed by atoms with Crippen LogP contribution in [0.15, 0.2) is 0 Å². The molecule has 0 fully saturated rings. The number of carboxylic acid groups (broad SMARTS) is 1. The van der Waals surface area contributed by atoms with Crippen molar-refractivity contribution in [2.24, 2.45) is 11.8 Å². The third kappa shape index (κ3) is 4.21. The average molecular weight is 229 g/mol. The lowest BCUT2D eigenvalue weighted by molar-refractivity contribution is -0.148. The number of aliphatic carboxylic acids is 1. The number of hydrogen-bond donors (Lipinski definition) is 1. The van der Waals surface area contributed by atoms with Crippen molar-refractivity contribution in [3.8, 4) is 0 Å². The summed E-state index contributed by atoms with van der Waals surface area (Å²) in [6.45, 7) is 9.38. The van der Waals surface area contributed by atoms with Crippen molar-refractivity contribution in [2.75, 3.05) is 6.54 Å². The van der Waals surface area contributed by atoms with E-state index in [0.29, 0.717) is 0 Å². The first-order chi connectivity index (χ1) is 7.31. The van der Waals surface area contributed by atoms with Crippen LogP contribution in [-0.2, 0) is 9.59 Å². The van der Waals surface area contributed by atoms with Gasteiger partial charge in [-0.15, -0.1) is 0 Å². The molecular weight excluding hydrogens is 206 g/mol. The number of carbonyl (C=O) groups is 2. The summed E-state index contributed by atoms with van der Waals surface area (Å²) in [5, 5.41) is 8.77. The highest BCUT2D eigenvalue weighted by atomic mass is 16.4. The Kier molecular flexibility index (Phi) is 6.08. The second kappa shape index (κ2) is 6.51. The molecule has 4 nitrogen and oxygen atoms in total. The van der Waals surface area contributed by atoms with Crippen molar-refractivity contribution in [2.45, 2.75) is 47.1 Å². The van der Waals surface area contributed by atoms with Crippen molar-refractivity contribution in [1.82, 2.24) is 4.90 Å². The summed E-state index contributed by atoms with van der Waals surface area (Å²) in [6.07, 6.45) is 0.923. The molecule has 0 heterocycles. The predicted octanol–water partition coefficient (Wildman–Crippen LogP) is 1.99. The van der Waals surface area contributed by atoms with E-state index in [9.17, 15) is 9.59 Å². The smallest absolute Gasteiger partial charge is 0.323 e. The third-order valence-electron chi connectivity index (χ3n) is 3.10. The Bertz CT molecular complexity index is 251. The molecule has 0 saturated heterocycles. The van der Waals surface area contributed by atoms with Gasteiger partial charge in [-0.3, -0.25) is 9.59 Å². The van der Waals surface area contributed by atoms with Crippen LogP contribution in [0.4, 0.5) is 0 Å². The quantitative estimate of drug-likeness (QED) is 0.757. The Morgan fingerprint density at radius 2 is 1.69 bits per heavy atom. The largest absolute Gasteiger partial charge is 0.480 e. The first kappa shape index (κ1) is 14.9. The molecule has 0 radical (unpaired) electrons. The van der Waals surface area contributed by atoms with E-state index in [1.54, 1.807) is 0 Å². The Morgan fingerprint density at radius 1 is 1.19 bits per heavy atom. The lowest BCUT2D eigenvalue weighted by atomic mass is 9.92. The van der Waals surface area contributed by atoms with Gasteiger partial charge in [-0.2, -0.15) is 0 Å². The summed E-state index contributed by atoms with van der Waals surface area (Å²) in [6, 6.07) is -0.0740. The fourth-order valence-corrected chi connectivity index (χ4v) is 1.52. The van der Waals surface area contributed by atoms with E-state index in [1.165, 1.54) is 4.90 Å². The van der Waals surface area contributed by atoms with Gasteiger partial charge in [0.05, 0.1) is 0 Å². The molecule has 0 rings (SSSR count). The van der Waals surface area contributed by atoms with Crippen LogP contribution < -0.4 is 0 Å². The SMILES string of the molecule is CCC(C)C(C)C(=O)N(CC(=O)O)C(C)C. The highest BCUT2D eigenvalue weighted by molar-refractivity contribution is 5.83. The standard InChI is InChI=1S/C12H23NO3/c1-6-9(4)10(5)12(16)13(8(2)3)7-11(14)15/h8-10H,6-7H2,1-5H3,(H,14,15). The van der Waals surface area contributed by atoms with Crippen LogP contribution in [0.2, 0.25) is 0 Å². The van der Waals surface area contributed by atoms with Gasteiger partial charge in [0.25, 0.3) is 0 Å². The molecule has 4 heteroatoms. The van der Waals surface area contributed by atoms with Crippen LogP contribution in [0.25, 0.3) is 0 Å². The molecule has 0 aromatic rings. The minimum atomic E-state index is -0.960. The number of hydrogen-bond acceptors (Lipinski definition) is 2. The van der Waals surface area contributed by atoms with Gasteiger partial charge in [0.1, 0.15) is 6.54 Å². The number of carbonyl (C=O) groups excluding carboxylic acids is 1. The zero-order valence-electron chi connectivity index (χ0n) is 10.9. The minimum absolute atomic E-state index is 0.0632. The summed E-state index contributed by atoms with van der Waals surface area (Å²) in [4.78, 5) is 24.2. The Morgan fingerprint density at radius 3 is 2.00 bits per heavy atom. The molecule has 94 valence electrons. The van der Waals surface area contributed by atoms with Crippen molar-refractivity contribution in [3.05, 3.63) is 0 Å². The number of carboxylic acids is 1. The summed E-state index contributed by atoms with van der Waals surface area (Å²) < 4.78 is 0. The molecule has 1 amide bonds. The minimum Gasteiger partial charge on any atom is -0.480 e. The van der Waals surface area contributed by atoms with Crippen LogP contribution in [0, 0.1) is 11.8 Å². The van der Waals surface area contributed by atoms with E-state index in [0.717, 1.165) is 6.42 Å². The van der Waals surface area contributed by atoms with E-state index in [-0.39, 0.29) is 30.3 Å². The second-order valence-corrected chi connectivity index (χ2v) is 4.63. The topological polar surface area (TPSA) is 57.6 Å². The van der Waals surface area contributed by atoms with E-state index in [1.807, 2.05) is 34.6 Å². The summed E-state index contributed by atoms with van der Waals surface area (Å²) in [5.41, 5.74) is 0. The maximum Gasteiger partial charge on any atom is 0.323 e. The summed E-state index contributed by atoms with van der Waals surface area (Å²) in [7, 11) is 0. The molecule has 0 bridgehead atoms. The maximum atomic E-state index is 12.1. The lowest BCUT2D eigenvalue weighted by Crippen LogP contribution is -2.44. The summed E-state index contributed by atoms with van der Waals surface area (Å²) >= 11 is 0. The first-order valence-electron chi connectivity index (χ1n) is 5.83. The van der Waals surface area contributed by atoms with Crippen LogP contribution in [-0.4, -0.2) is 34.5 Å². The highest BCUT2D eigenvalue weighted by Gasteiger charge is 2.27. The monoisotopic (exact) mass is 229 g/mol. The zero-order valence-corrected chi connectivity index (χ0v) is 10.9. The van der Waals surface area contributed by atoms with Gasteiger partial charge in [-0.1, -0.05) is 27.2 Å². The Labute approximate surface area is 97.6 Å². The van der Waals surface area contributed by atoms with Gasteiger partial charge in [0, 0.05) is 12.0 Å². The Hall–Kier alpha value is -1.06. The number of rotatable bonds is 6. The van der Waals surface area contributed by atoms with Gasteiger partial charge >= 0.3 is 5.97 Å². The van der Waals surface area contributed by atoms with Gasteiger partial charge in [-0.05, 0) is 19.8 Å². The summed E-state index contributed by atoms with van der Waals surface area (Å²) in [5.74, 6) is -0.862. The molecule has 16 heavy (non-hydrogen) atoms. The molecule has 0 saturated carbocycles. The molecular formula is C12H23NO3. The molecule has 0 aliphatic rings. The fourth-order valence-electron chi connectivity index (χ4n) is 1.52. The predicted molar refractivity (Wildman–Crippen MR) is 63.1 cm³/mol. The second-order valence-electron chi connectivity index (χ2n) is 4.63. The highest BCUT2D eigenvalue weighted by Crippen LogP contribution is 2.18. The van der Waals surface area contributed by atoms with Crippen LogP contribution in [0.3, 0.4) is 0 Å². The molecule has 1 N–H and O–H groups in total. The van der Waals surface area contributed by atoms with Gasteiger partial charge in [-0.25, -0.2) is 0 Å². The lowest BCUT2D eigenvalue weighted by Gasteiger charge is -2.30. The number of amides is 1. The average Bonchev–Trinajstić information content (AvgIpc) is 2.22. The molecule has 0 aromatic heterocycles. The van der Waals surface area contributed by atoms with E-state index in [4.69, 9.17) is 5.11 Å². The molecule has 2 unspecified atom stereocenters. The molecule has 0 spiro atoms. The first-order valence-corrected chi connectivity index (χ1v) is 5.83. The van der Waals surface area contributed by atoms with Crippen molar-refractivity contribution in [1.29, 1.82) is 0 Å². The third-order valence-corrected chi connectivity index (χ3v) is 3.10. The van der Waals surface area contributed by atoms with Gasteiger partial charge in [0.2, 0.25) is 5.91 Å². The van der Waals surface area contributed by atoms with Crippen molar-refractivity contribution < 1.29 is 14.7 Å². The molecule has 0 aliphatic carbocycles. The normalized spacial score (nSPS) is 14.6. The van der Waals surface area contributed by atoms with Crippen LogP contribution in [0.5, 0.6) is 0 Å². The number of nitrogens with zero attached hydrogens (tertiary/aromatic N) is 1. The van der Waals surface area contributed by atoms with E-state index < -0.39 is 5.97 Å². The van der Waals surface area contributed by atoms with E-state index in [2.05, 4.69) is 0 Å². The van der Waals surface area contributed by atoms with Crippen molar-refractivity contribution >= 4 is 11.9 Å².